The molecule has 21 heavy (non-hydrogen) atoms. The fraction of sp³-hybridized carbons (Fsp3) is 0.0588. The molecular formula is C17H12BrN3. The van der Waals surface area contributed by atoms with Gasteiger partial charge in [-0.15, -0.1) is 0 Å². The molecule has 0 amide bonds. The van der Waals surface area contributed by atoms with Gasteiger partial charge in [-0.2, -0.15) is 5.26 Å². The molecule has 0 spiro atoms. The van der Waals surface area contributed by atoms with E-state index in [1.165, 1.54) is 0 Å². The molecule has 1 heterocycles. The van der Waals surface area contributed by atoms with Crippen molar-refractivity contribution in [3.8, 4) is 17.5 Å². The van der Waals surface area contributed by atoms with Crippen molar-refractivity contribution in [3.05, 3.63) is 76.5 Å². The van der Waals surface area contributed by atoms with Gasteiger partial charge in [0, 0.05) is 29.0 Å². The zero-order valence-corrected chi connectivity index (χ0v) is 12.8. The van der Waals surface area contributed by atoms with E-state index in [0.29, 0.717) is 5.56 Å². The van der Waals surface area contributed by atoms with Crippen molar-refractivity contribution in [3.63, 3.8) is 0 Å². The Morgan fingerprint density at radius 1 is 1.05 bits per heavy atom. The van der Waals surface area contributed by atoms with Crippen LogP contribution in [0.5, 0.6) is 0 Å². The van der Waals surface area contributed by atoms with Crippen LogP contribution in [0.25, 0.3) is 11.4 Å². The van der Waals surface area contributed by atoms with Gasteiger partial charge in [-0.1, -0.05) is 40.2 Å². The van der Waals surface area contributed by atoms with Gasteiger partial charge in [0.2, 0.25) is 0 Å². The highest BCUT2D eigenvalue weighted by atomic mass is 79.9. The topological polar surface area (TPSA) is 41.6 Å². The molecule has 0 aliphatic carbocycles. The van der Waals surface area contributed by atoms with E-state index in [0.717, 1.165) is 28.0 Å². The number of hydrogen-bond donors (Lipinski definition) is 0. The van der Waals surface area contributed by atoms with Crippen LogP contribution in [0.15, 0.2) is 65.4 Å². The van der Waals surface area contributed by atoms with E-state index in [2.05, 4.69) is 31.6 Å². The Morgan fingerprint density at radius 3 is 2.43 bits per heavy atom. The zero-order chi connectivity index (χ0) is 14.7. The molecule has 0 fully saturated rings. The average Bonchev–Trinajstić information content (AvgIpc) is 2.97. The van der Waals surface area contributed by atoms with Gasteiger partial charge < -0.3 is 4.57 Å². The number of halogens is 1. The lowest BCUT2D eigenvalue weighted by molar-refractivity contribution is 0.807. The maximum atomic E-state index is 8.83. The van der Waals surface area contributed by atoms with E-state index < -0.39 is 0 Å². The van der Waals surface area contributed by atoms with Crippen LogP contribution in [0, 0.1) is 11.3 Å². The monoisotopic (exact) mass is 337 g/mol. The minimum absolute atomic E-state index is 0.678. The number of nitriles is 1. The molecule has 0 radical (unpaired) electrons. The number of rotatable bonds is 3. The van der Waals surface area contributed by atoms with Crippen LogP contribution in [0.1, 0.15) is 11.1 Å². The molecule has 3 aromatic rings. The quantitative estimate of drug-likeness (QED) is 0.717. The van der Waals surface area contributed by atoms with Crippen LogP contribution in [-0.4, -0.2) is 9.55 Å². The number of benzene rings is 2. The largest absolute Gasteiger partial charge is 0.327 e. The molecule has 0 aliphatic rings. The Labute approximate surface area is 131 Å². The standard InChI is InChI=1S/C17H12BrN3/c18-16-7-5-15(6-8-16)17-20-9-10-21(17)12-14-3-1-13(11-19)2-4-14/h1-10H,12H2. The summed E-state index contributed by atoms with van der Waals surface area (Å²) in [6.07, 6.45) is 3.77. The lowest BCUT2D eigenvalue weighted by Crippen LogP contribution is -2.01. The predicted octanol–water partition coefficient (Wildman–Crippen LogP) is 4.23. The Kier molecular flexibility index (Phi) is 3.85. The summed E-state index contributed by atoms with van der Waals surface area (Å²) < 4.78 is 3.15. The molecule has 0 N–H and O–H groups in total. The third kappa shape index (κ3) is 3.04. The van der Waals surface area contributed by atoms with Crippen molar-refractivity contribution < 1.29 is 0 Å². The van der Waals surface area contributed by atoms with Crippen LogP contribution in [0.4, 0.5) is 0 Å². The Morgan fingerprint density at radius 2 is 1.76 bits per heavy atom. The van der Waals surface area contributed by atoms with E-state index in [-0.39, 0.29) is 0 Å². The molecule has 0 saturated heterocycles. The number of hydrogen-bond acceptors (Lipinski definition) is 2. The van der Waals surface area contributed by atoms with Crippen molar-refractivity contribution in [1.29, 1.82) is 5.26 Å². The fourth-order valence-corrected chi connectivity index (χ4v) is 2.44. The van der Waals surface area contributed by atoms with Gasteiger partial charge in [-0.25, -0.2) is 4.98 Å². The molecule has 2 aromatic carbocycles. The summed E-state index contributed by atoms with van der Waals surface area (Å²) in [5, 5.41) is 8.83. The minimum Gasteiger partial charge on any atom is -0.327 e. The Bertz CT molecular complexity index is 780. The van der Waals surface area contributed by atoms with Gasteiger partial charge in [0.05, 0.1) is 11.6 Å². The van der Waals surface area contributed by atoms with E-state index in [9.17, 15) is 0 Å². The normalized spacial score (nSPS) is 10.3. The third-order valence-corrected chi connectivity index (χ3v) is 3.78. The van der Waals surface area contributed by atoms with Crippen molar-refractivity contribution in [1.82, 2.24) is 9.55 Å². The molecule has 0 atom stereocenters. The maximum Gasteiger partial charge on any atom is 0.140 e. The zero-order valence-electron chi connectivity index (χ0n) is 11.2. The summed E-state index contributed by atoms with van der Waals surface area (Å²) in [4.78, 5) is 4.44. The van der Waals surface area contributed by atoms with Gasteiger partial charge in [0.25, 0.3) is 0 Å². The number of aromatic nitrogens is 2. The number of imidazole rings is 1. The average molecular weight is 338 g/mol. The summed E-state index contributed by atoms with van der Waals surface area (Å²) in [5.74, 6) is 0.937. The summed E-state index contributed by atoms with van der Waals surface area (Å²) >= 11 is 3.44. The molecule has 0 saturated carbocycles. The van der Waals surface area contributed by atoms with Crippen molar-refractivity contribution in [2.75, 3.05) is 0 Å². The van der Waals surface area contributed by atoms with E-state index >= 15 is 0 Å². The van der Waals surface area contributed by atoms with E-state index in [4.69, 9.17) is 5.26 Å². The van der Waals surface area contributed by atoms with E-state index in [1.807, 2.05) is 54.7 Å². The highest BCUT2D eigenvalue weighted by Crippen LogP contribution is 2.21. The first-order valence-corrected chi connectivity index (χ1v) is 7.32. The van der Waals surface area contributed by atoms with Gasteiger partial charge in [0.1, 0.15) is 5.82 Å². The predicted molar refractivity (Wildman–Crippen MR) is 85.6 cm³/mol. The van der Waals surface area contributed by atoms with Gasteiger partial charge in [0.15, 0.2) is 0 Å². The highest BCUT2D eigenvalue weighted by Gasteiger charge is 2.06. The third-order valence-electron chi connectivity index (χ3n) is 3.25. The summed E-state index contributed by atoms with van der Waals surface area (Å²) in [6.45, 7) is 0.733. The highest BCUT2D eigenvalue weighted by molar-refractivity contribution is 9.10. The molecule has 0 aliphatic heterocycles. The molecule has 3 rings (SSSR count). The lowest BCUT2D eigenvalue weighted by Gasteiger charge is -2.08. The first-order valence-electron chi connectivity index (χ1n) is 6.52. The fourth-order valence-electron chi connectivity index (χ4n) is 2.18. The van der Waals surface area contributed by atoms with Gasteiger partial charge >= 0.3 is 0 Å². The number of nitrogens with zero attached hydrogens (tertiary/aromatic N) is 3. The summed E-state index contributed by atoms with van der Waals surface area (Å²) in [6, 6.07) is 17.9. The molecule has 0 unspecified atom stereocenters. The smallest absolute Gasteiger partial charge is 0.140 e. The van der Waals surface area contributed by atoms with Crippen LogP contribution >= 0.6 is 15.9 Å². The molecule has 102 valence electrons. The lowest BCUT2D eigenvalue weighted by atomic mass is 10.1. The Balaban J connectivity index is 1.88. The van der Waals surface area contributed by atoms with Crippen molar-refractivity contribution in [2.45, 2.75) is 6.54 Å². The van der Waals surface area contributed by atoms with Crippen LogP contribution in [0.2, 0.25) is 0 Å². The van der Waals surface area contributed by atoms with Crippen molar-refractivity contribution in [2.24, 2.45) is 0 Å². The first kappa shape index (κ1) is 13.6. The second-order valence-corrected chi connectivity index (χ2v) is 5.61. The maximum absolute atomic E-state index is 8.83. The molecule has 1 aromatic heterocycles. The second-order valence-electron chi connectivity index (χ2n) is 4.69. The minimum atomic E-state index is 0.678. The van der Waals surface area contributed by atoms with E-state index in [1.54, 1.807) is 6.20 Å². The van der Waals surface area contributed by atoms with Crippen LogP contribution < -0.4 is 0 Å². The van der Waals surface area contributed by atoms with Crippen LogP contribution in [-0.2, 0) is 6.54 Å². The van der Waals surface area contributed by atoms with Crippen molar-refractivity contribution >= 4 is 15.9 Å². The van der Waals surface area contributed by atoms with Gasteiger partial charge in [-0.05, 0) is 29.8 Å². The molecule has 0 bridgehead atoms. The molecule has 3 nitrogen and oxygen atoms in total. The molecule has 4 heteroatoms. The first-order chi connectivity index (χ1) is 10.3. The Hall–Kier alpha value is -2.38. The molecular weight excluding hydrogens is 326 g/mol. The SMILES string of the molecule is N#Cc1ccc(Cn2ccnc2-c2ccc(Br)cc2)cc1. The second kappa shape index (κ2) is 5.94. The summed E-state index contributed by atoms with van der Waals surface area (Å²) in [7, 11) is 0. The van der Waals surface area contributed by atoms with Gasteiger partial charge in [-0.3, -0.25) is 0 Å². The van der Waals surface area contributed by atoms with Crippen LogP contribution in [0.3, 0.4) is 0 Å². The summed E-state index contributed by atoms with van der Waals surface area (Å²) in [5.41, 5.74) is 2.90.